The molecule has 0 radical (unpaired) electrons. The van der Waals surface area contributed by atoms with E-state index in [9.17, 15) is 5.11 Å². The van der Waals surface area contributed by atoms with Gasteiger partial charge < -0.3 is 5.11 Å². The summed E-state index contributed by atoms with van der Waals surface area (Å²) in [5.74, 6) is 1.09. The van der Waals surface area contributed by atoms with Crippen LogP contribution < -0.4 is 10.3 Å². The van der Waals surface area contributed by atoms with Crippen molar-refractivity contribution < 1.29 is 10.1 Å². The number of nitrogens with zero attached hydrogens (tertiary/aromatic N) is 1. The first kappa shape index (κ1) is 17.0. The summed E-state index contributed by atoms with van der Waals surface area (Å²) in [4.78, 5) is 7.77. The molecule has 0 aliphatic rings. The lowest BCUT2D eigenvalue weighted by Gasteiger charge is -2.19. The lowest BCUT2D eigenvalue weighted by Crippen LogP contribution is -2.19. The maximum absolute atomic E-state index is 11.1. The van der Waals surface area contributed by atoms with Crippen LogP contribution in [0.15, 0.2) is 72.9 Å². The Morgan fingerprint density at radius 1 is 0.889 bits per heavy atom. The number of hydrogen-bond acceptors (Lipinski definition) is 3. The van der Waals surface area contributed by atoms with E-state index in [1.165, 1.54) is 0 Å². The molecule has 0 spiro atoms. The van der Waals surface area contributed by atoms with Gasteiger partial charge in [0.2, 0.25) is 0 Å². The molecule has 2 aromatic carbocycles. The van der Waals surface area contributed by atoms with Crippen LogP contribution in [0.2, 0.25) is 0 Å². The Kier molecular flexibility index (Phi) is 4.47. The quantitative estimate of drug-likeness (QED) is 0.563. The van der Waals surface area contributed by atoms with Crippen LogP contribution in [0.5, 0.6) is 5.75 Å². The van der Waals surface area contributed by atoms with E-state index < -0.39 is 0 Å². The number of aryl methyl sites for hydroxylation is 2. The van der Waals surface area contributed by atoms with E-state index in [2.05, 4.69) is 34.3 Å². The molecule has 0 fully saturated rings. The van der Waals surface area contributed by atoms with Crippen LogP contribution in [0.3, 0.4) is 0 Å². The molecule has 0 aliphatic carbocycles. The first-order valence-corrected chi connectivity index (χ1v) is 9.01. The molecule has 1 atom stereocenters. The largest absolute Gasteiger partial charge is 0.505 e. The van der Waals surface area contributed by atoms with Crippen molar-refractivity contribution in [2.75, 3.05) is 5.32 Å². The van der Waals surface area contributed by atoms with Crippen molar-refractivity contribution in [2.24, 2.45) is 0 Å². The average Bonchev–Trinajstić information content (AvgIpc) is 2.69. The van der Waals surface area contributed by atoms with Gasteiger partial charge in [0.05, 0.1) is 6.20 Å². The Morgan fingerprint density at radius 3 is 2.44 bits per heavy atom. The second-order valence-electron chi connectivity index (χ2n) is 6.74. The number of fused-ring (bicyclic) bond motifs is 1. The molecular formula is C23H22N3O+. The summed E-state index contributed by atoms with van der Waals surface area (Å²) in [6, 6.07) is 21.8. The summed E-state index contributed by atoms with van der Waals surface area (Å²) in [6.45, 7) is 4.01. The van der Waals surface area contributed by atoms with Crippen molar-refractivity contribution >= 4 is 16.7 Å². The number of nitrogens with one attached hydrogen (secondary N) is 2. The van der Waals surface area contributed by atoms with Gasteiger partial charge in [0.15, 0.2) is 0 Å². The van der Waals surface area contributed by atoms with Crippen LogP contribution in [0.1, 0.15) is 28.4 Å². The molecule has 3 N–H and O–H groups in total. The first-order valence-electron chi connectivity index (χ1n) is 9.01. The zero-order valence-corrected chi connectivity index (χ0v) is 15.4. The number of benzene rings is 2. The third kappa shape index (κ3) is 3.34. The average molecular weight is 356 g/mol. The fourth-order valence-electron chi connectivity index (χ4n) is 3.39. The maximum atomic E-state index is 11.1. The Bertz CT molecular complexity index is 1090. The maximum Gasteiger partial charge on any atom is 0.272 e. The molecule has 2 heterocycles. The minimum atomic E-state index is -0.212. The molecule has 4 heteroatoms. The summed E-state index contributed by atoms with van der Waals surface area (Å²) < 4.78 is 0. The zero-order valence-electron chi connectivity index (χ0n) is 15.4. The molecule has 4 nitrogen and oxygen atoms in total. The van der Waals surface area contributed by atoms with Gasteiger partial charge in [0.25, 0.3) is 5.82 Å². The van der Waals surface area contributed by atoms with Gasteiger partial charge in [-0.05, 0) is 37.6 Å². The molecule has 0 bridgehead atoms. The highest BCUT2D eigenvalue weighted by molar-refractivity contribution is 5.86. The predicted octanol–water partition coefficient (Wildman–Crippen LogP) is 4.57. The Labute approximate surface area is 158 Å². The summed E-state index contributed by atoms with van der Waals surface area (Å²) in [5, 5.41) is 15.5. The normalized spacial score (nSPS) is 12.1. The van der Waals surface area contributed by atoms with E-state index in [0.717, 1.165) is 33.6 Å². The number of phenols is 1. The van der Waals surface area contributed by atoms with Gasteiger partial charge in [-0.25, -0.2) is 9.97 Å². The van der Waals surface area contributed by atoms with Gasteiger partial charge >= 0.3 is 0 Å². The van der Waals surface area contributed by atoms with E-state index in [1.54, 1.807) is 0 Å². The van der Waals surface area contributed by atoms with Gasteiger partial charge in [0, 0.05) is 28.3 Å². The SMILES string of the molecule is Cc1ccc2ccc([C@@H](Nc3cccc[nH+]3)c3ccccc3C)c(O)c2n1. The highest BCUT2D eigenvalue weighted by Gasteiger charge is 2.25. The highest BCUT2D eigenvalue weighted by Crippen LogP contribution is 2.37. The molecule has 4 aromatic rings. The molecule has 0 aliphatic heterocycles. The second kappa shape index (κ2) is 7.08. The van der Waals surface area contributed by atoms with Crippen LogP contribution in [-0.2, 0) is 0 Å². The Hall–Kier alpha value is -3.40. The molecule has 0 amide bonds. The molecule has 0 saturated heterocycles. The number of pyridine rings is 2. The van der Waals surface area contributed by atoms with Crippen LogP contribution in [0.25, 0.3) is 10.9 Å². The van der Waals surface area contributed by atoms with Gasteiger partial charge in [-0.2, -0.15) is 0 Å². The fourth-order valence-corrected chi connectivity index (χ4v) is 3.39. The molecule has 27 heavy (non-hydrogen) atoms. The number of phenolic OH excluding ortho intramolecular Hbond substituents is 1. The van der Waals surface area contributed by atoms with Gasteiger partial charge in [0.1, 0.15) is 17.3 Å². The Balaban J connectivity index is 1.89. The molecular weight excluding hydrogens is 334 g/mol. The van der Waals surface area contributed by atoms with Crippen LogP contribution in [0, 0.1) is 13.8 Å². The molecule has 0 saturated carbocycles. The molecule has 134 valence electrons. The third-order valence-corrected chi connectivity index (χ3v) is 4.83. The van der Waals surface area contributed by atoms with Crippen molar-refractivity contribution in [1.29, 1.82) is 0 Å². The second-order valence-corrected chi connectivity index (χ2v) is 6.74. The minimum Gasteiger partial charge on any atom is -0.505 e. The van der Waals surface area contributed by atoms with E-state index in [1.807, 2.05) is 67.7 Å². The summed E-state index contributed by atoms with van der Waals surface area (Å²) >= 11 is 0. The van der Waals surface area contributed by atoms with Crippen LogP contribution in [-0.4, -0.2) is 10.1 Å². The van der Waals surface area contributed by atoms with Gasteiger partial charge in [-0.15, -0.1) is 0 Å². The highest BCUT2D eigenvalue weighted by atomic mass is 16.3. The van der Waals surface area contributed by atoms with E-state index in [0.29, 0.717) is 5.52 Å². The standard InChI is InChI=1S/C23H21N3O/c1-15-7-3-4-8-18(15)22(26-20-9-5-6-14-24-20)19-13-12-17-11-10-16(2)25-21(17)23(19)27/h3-14,22,27H,1-2H3,(H,24,26)/p+1/t22-/m0/s1. The lowest BCUT2D eigenvalue weighted by atomic mass is 9.93. The number of anilines is 1. The predicted molar refractivity (Wildman–Crippen MR) is 108 cm³/mol. The number of aromatic amines is 1. The van der Waals surface area contributed by atoms with Crippen molar-refractivity contribution in [3.63, 3.8) is 0 Å². The first-order chi connectivity index (χ1) is 13.1. The van der Waals surface area contributed by atoms with E-state index in [4.69, 9.17) is 0 Å². The number of aromatic hydroxyl groups is 1. The zero-order chi connectivity index (χ0) is 18.8. The van der Waals surface area contributed by atoms with Gasteiger partial charge in [-0.1, -0.05) is 42.5 Å². The minimum absolute atomic E-state index is 0.212. The molecule has 0 unspecified atom stereocenters. The molecule has 2 aromatic heterocycles. The number of rotatable bonds is 4. The summed E-state index contributed by atoms with van der Waals surface area (Å²) in [6.07, 6.45) is 1.88. The van der Waals surface area contributed by atoms with Crippen LogP contribution in [0.4, 0.5) is 5.82 Å². The van der Waals surface area contributed by atoms with E-state index >= 15 is 0 Å². The van der Waals surface area contributed by atoms with E-state index in [-0.39, 0.29) is 11.8 Å². The van der Waals surface area contributed by atoms with Crippen molar-refractivity contribution in [1.82, 2.24) is 4.98 Å². The summed E-state index contributed by atoms with van der Waals surface area (Å²) in [5.41, 5.74) is 4.57. The summed E-state index contributed by atoms with van der Waals surface area (Å²) in [7, 11) is 0. The Morgan fingerprint density at radius 2 is 1.67 bits per heavy atom. The number of aromatic nitrogens is 2. The third-order valence-electron chi connectivity index (χ3n) is 4.83. The fraction of sp³-hybridized carbons (Fsp3) is 0.130. The van der Waals surface area contributed by atoms with Gasteiger partial charge in [-0.3, -0.25) is 5.32 Å². The topological polar surface area (TPSA) is 59.3 Å². The monoisotopic (exact) mass is 356 g/mol. The van der Waals surface area contributed by atoms with Crippen molar-refractivity contribution in [3.05, 3.63) is 95.3 Å². The number of hydrogen-bond donors (Lipinski definition) is 2. The van der Waals surface area contributed by atoms with Crippen molar-refractivity contribution in [3.8, 4) is 5.75 Å². The van der Waals surface area contributed by atoms with Crippen LogP contribution >= 0.6 is 0 Å². The number of H-pyrrole nitrogens is 1. The lowest BCUT2D eigenvalue weighted by molar-refractivity contribution is -0.361. The smallest absolute Gasteiger partial charge is 0.272 e. The molecule has 4 rings (SSSR count). The van der Waals surface area contributed by atoms with Crippen molar-refractivity contribution in [2.45, 2.75) is 19.9 Å².